The van der Waals surface area contributed by atoms with Crippen LogP contribution in [0.3, 0.4) is 0 Å². The number of quaternary nitrogens is 1. The van der Waals surface area contributed by atoms with Crippen LogP contribution >= 0.6 is 0 Å². The molecule has 0 aliphatic rings. The third-order valence-corrected chi connectivity index (χ3v) is 0. The predicted molar refractivity (Wildman–Crippen MR) is 15.7 cm³/mol. The average molecular weight is 201 g/mol. The molecule has 4 N–H and O–H groups in total. The number of rotatable bonds is 0. The average Bonchev–Trinajstić information content (AvgIpc) is 0.811. The summed E-state index contributed by atoms with van der Waals surface area (Å²) in [7, 11) is 0. The second-order valence-electron chi connectivity index (χ2n) is 0.204. The van der Waals surface area contributed by atoms with Crippen molar-refractivity contribution < 1.29 is 32.8 Å². The third kappa shape index (κ3) is 145. The summed E-state index contributed by atoms with van der Waals surface area (Å²) in [6, 6.07) is 0. The van der Waals surface area contributed by atoms with Gasteiger partial charge in [-0.25, -0.2) is 0 Å². The van der Waals surface area contributed by atoms with Crippen LogP contribution in [-0.2, 0) is 30.8 Å². The van der Waals surface area contributed by atoms with Crippen molar-refractivity contribution in [2.45, 2.75) is 0 Å². The molecule has 0 aromatic rings. The van der Waals surface area contributed by atoms with Crippen LogP contribution in [0.4, 0.5) is 0 Å². The Kier molecular flexibility index (Phi) is 24.4. The number of hydrogen-bond acceptors (Lipinski definition) is 3. The molecular weight excluding hydrogens is 197 g/mol. The van der Waals surface area contributed by atoms with Crippen molar-refractivity contribution in [1.82, 2.24) is 6.15 Å². The van der Waals surface area contributed by atoms with Crippen LogP contribution in [0.1, 0.15) is 0 Å². The first kappa shape index (κ1) is 15.9. The van der Waals surface area contributed by atoms with Crippen molar-refractivity contribution in [1.29, 1.82) is 0 Å². The molecule has 0 amide bonds. The van der Waals surface area contributed by atoms with Crippen molar-refractivity contribution in [3.8, 4) is 0 Å². The van der Waals surface area contributed by atoms with Gasteiger partial charge >= 0.3 is 19.5 Å². The molecule has 0 heterocycles. The van der Waals surface area contributed by atoms with Crippen LogP contribution in [-0.4, -0.2) is 13.3 Å². The Hall–Kier alpha value is 0.653. The quantitative estimate of drug-likeness (QED) is 0.417. The first-order valence-corrected chi connectivity index (χ1v) is 1.50. The zero-order chi connectivity index (χ0) is 3.58. The smallest absolute Gasteiger partial charge is 0.784 e. The van der Waals surface area contributed by atoms with Crippen LogP contribution in [0.15, 0.2) is 0 Å². The van der Waals surface area contributed by atoms with E-state index in [-0.39, 0.29) is 25.6 Å². The molecule has 0 atom stereocenters. The molecule has 0 aliphatic carbocycles. The van der Waals surface area contributed by atoms with Gasteiger partial charge in [-0.1, -0.05) is 0 Å². The Morgan fingerprint density at radius 1 is 1.33 bits per heavy atom. The monoisotopic (exact) mass is 201 g/mol. The van der Waals surface area contributed by atoms with Gasteiger partial charge in [0, 0.05) is 0 Å². The largest absolute Gasteiger partial charge is 3.00 e. The predicted octanol–water partition coefficient (Wildman–Crippen LogP) is -0.630. The molecule has 0 spiro atoms. The van der Waals surface area contributed by atoms with Gasteiger partial charge in [-0.05, 0) is 0 Å². The van der Waals surface area contributed by atoms with Crippen LogP contribution in [0.2, 0.25) is 0 Å². The molecule has 6 heavy (non-hydrogen) atoms. The summed E-state index contributed by atoms with van der Waals surface area (Å²) in [6.45, 7) is 0. The van der Waals surface area contributed by atoms with E-state index in [9.17, 15) is 0 Å². The van der Waals surface area contributed by atoms with Crippen LogP contribution in [0.25, 0.3) is 0 Å². The third-order valence-electron chi connectivity index (χ3n) is 0. The van der Waals surface area contributed by atoms with Crippen LogP contribution in [0, 0.1) is 0 Å². The van der Waals surface area contributed by atoms with Gasteiger partial charge in [0.25, 0.3) is 0 Å². The van der Waals surface area contributed by atoms with E-state index in [1.165, 1.54) is 0 Å². The van der Waals surface area contributed by atoms with E-state index in [1.807, 2.05) is 0 Å². The van der Waals surface area contributed by atoms with Crippen molar-refractivity contribution in [3.63, 3.8) is 0 Å². The summed E-state index contributed by atoms with van der Waals surface area (Å²) < 4.78 is 25.3. The van der Waals surface area contributed by atoms with Crippen molar-refractivity contribution >= 4 is 11.4 Å². The summed E-state index contributed by atoms with van der Waals surface area (Å²) in [4.78, 5) is 0. The van der Waals surface area contributed by atoms with E-state index in [4.69, 9.17) is 13.3 Å². The molecule has 0 fully saturated rings. The molecule has 0 bridgehead atoms. The molecule has 0 saturated carbocycles. The molecule has 4 nitrogen and oxygen atoms in total. The molecule has 0 aromatic carbocycles. The summed E-state index contributed by atoms with van der Waals surface area (Å²) in [6.07, 6.45) is 0. The fourth-order valence-electron chi connectivity index (χ4n) is 0. The topological polar surface area (TPSA) is 99.7 Å². The molecular formula is H4NO3RhS+2. The standard InChI is InChI=1S/H3N.H2O3S.Rh/c;1-4(2)3;/h1H3;(H2,1,2,3);/q;;+3/p-1. The van der Waals surface area contributed by atoms with Crippen molar-refractivity contribution in [2.75, 3.05) is 0 Å². The summed E-state index contributed by atoms with van der Waals surface area (Å²) >= 11 is -3.11. The van der Waals surface area contributed by atoms with E-state index in [2.05, 4.69) is 0 Å². The van der Waals surface area contributed by atoms with E-state index >= 15 is 0 Å². The Morgan fingerprint density at radius 3 is 1.33 bits per heavy atom. The van der Waals surface area contributed by atoms with Crippen molar-refractivity contribution in [2.24, 2.45) is 0 Å². The minimum absolute atomic E-state index is 0. The minimum atomic E-state index is -3.11. The molecule has 0 aliphatic heterocycles. The van der Waals surface area contributed by atoms with Gasteiger partial charge in [0.2, 0.25) is 0 Å². The Morgan fingerprint density at radius 2 is 1.33 bits per heavy atom. The number of hydrogen-bond donors (Lipinski definition) is 1. The van der Waals surface area contributed by atoms with Gasteiger partial charge < -0.3 is 15.3 Å². The van der Waals surface area contributed by atoms with Gasteiger partial charge in [0.1, 0.15) is 0 Å². The fraction of sp³-hybridized carbons (Fsp3) is 0. The van der Waals surface area contributed by atoms with Gasteiger partial charge in [0.05, 0.1) is 0 Å². The van der Waals surface area contributed by atoms with Gasteiger partial charge in [-0.2, -0.15) is 0 Å². The first-order valence-electron chi connectivity index (χ1n) is 0.500. The second-order valence-corrected chi connectivity index (χ2v) is 0.612. The molecule has 0 aromatic heterocycles. The van der Waals surface area contributed by atoms with Gasteiger partial charge in [-0.15, -0.1) is 11.4 Å². The minimum Gasteiger partial charge on any atom is -0.784 e. The van der Waals surface area contributed by atoms with Crippen LogP contribution < -0.4 is 6.15 Å². The van der Waals surface area contributed by atoms with E-state index < -0.39 is 11.4 Å². The fourth-order valence-corrected chi connectivity index (χ4v) is 0. The van der Waals surface area contributed by atoms with Crippen LogP contribution in [0.5, 0.6) is 0 Å². The first-order chi connectivity index (χ1) is 1.73. The van der Waals surface area contributed by atoms with Crippen molar-refractivity contribution in [3.05, 3.63) is 0 Å². The molecule has 6 heteroatoms. The summed E-state index contributed by atoms with van der Waals surface area (Å²) in [5, 5.41) is 0. The zero-order valence-corrected chi connectivity index (χ0v) is 5.42. The Labute approximate surface area is 50.8 Å². The molecule has 0 saturated heterocycles. The maximum absolute atomic E-state index is 8.44. The Balaban J connectivity index is -0.0000000450. The van der Waals surface area contributed by atoms with E-state index in [0.717, 1.165) is 0 Å². The van der Waals surface area contributed by atoms with Gasteiger partial charge in [0.15, 0.2) is 0 Å². The maximum atomic E-state index is 8.44. The SMILES string of the molecule is O=S([O-])[O-].[NH4+].[Rh+3]. The van der Waals surface area contributed by atoms with Gasteiger partial charge in [-0.3, -0.25) is 4.21 Å². The Bertz CT molecular complexity index is 33.8. The molecule has 40 valence electrons. The van der Waals surface area contributed by atoms with E-state index in [1.54, 1.807) is 0 Å². The molecule has 0 unspecified atom stereocenters. The summed E-state index contributed by atoms with van der Waals surface area (Å²) in [5.41, 5.74) is 0. The normalized spacial score (nSPS) is 5.83. The second kappa shape index (κ2) is 9.17. The maximum Gasteiger partial charge on any atom is 3.00 e. The summed E-state index contributed by atoms with van der Waals surface area (Å²) in [5.74, 6) is 0. The van der Waals surface area contributed by atoms with E-state index in [0.29, 0.717) is 0 Å². The molecule has 0 radical (unpaired) electrons. The zero-order valence-electron chi connectivity index (χ0n) is 2.97. The molecule has 0 rings (SSSR count).